The number of ether oxygens (including phenoxy) is 4. The fourth-order valence-electron chi connectivity index (χ4n) is 7.50. The van der Waals surface area contributed by atoms with Crippen LogP contribution in [0.4, 0.5) is 0 Å². The van der Waals surface area contributed by atoms with Crippen LogP contribution in [0.5, 0.6) is 23.0 Å². The lowest BCUT2D eigenvalue weighted by Gasteiger charge is -2.28. The minimum atomic E-state index is -0.846. The molecule has 8 nitrogen and oxygen atoms in total. The maximum Gasteiger partial charge on any atom is 0.333 e. The molecular weight excluding hydrogens is 765 g/mol. The molecule has 0 aliphatic heterocycles. The van der Waals surface area contributed by atoms with Gasteiger partial charge in [-0.15, -0.1) is 0 Å². The van der Waals surface area contributed by atoms with E-state index < -0.39 is 24.5 Å². The van der Waals surface area contributed by atoms with Crippen molar-refractivity contribution in [3.63, 3.8) is 0 Å². The van der Waals surface area contributed by atoms with Gasteiger partial charge in [0.05, 0.1) is 0 Å². The summed E-state index contributed by atoms with van der Waals surface area (Å²) in [5, 5.41) is 22.4. The second-order valence-electron chi connectivity index (χ2n) is 20.4. The van der Waals surface area contributed by atoms with Gasteiger partial charge in [-0.3, -0.25) is 0 Å². The van der Waals surface area contributed by atoms with Crippen LogP contribution in [0.25, 0.3) is 12.2 Å². The smallest absolute Gasteiger partial charge is 0.333 e. The van der Waals surface area contributed by atoms with E-state index in [2.05, 4.69) is 55.4 Å². The van der Waals surface area contributed by atoms with Crippen LogP contribution in [0.2, 0.25) is 0 Å². The maximum absolute atomic E-state index is 12.8. The van der Waals surface area contributed by atoms with Gasteiger partial charge in [0.1, 0.15) is 23.0 Å². The normalized spacial score (nSPS) is 13.9. The Morgan fingerprint density at radius 3 is 1.07 bits per heavy atom. The monoisotopic (exact) mass is 832 g/mol. The second kappa shape index (κ2) is 18.2. The predicted molar refractivity (Wildman–Crippen MR) is 246 cm³/mol. The van der Waals surface area contributed by atoms with E-state index in [9.17, 15) is 19.8 Å². The Hall–Kier alpha value is -5.50. The van der Waals surface area contributed by atoms with Gasteiger partial charge in [-0.1, -0.05) is 145 Å². The summed E-state index contributed by atoms with van der Waals surface area (Å²) < 4.78 is 22.9. The van der Waals surface area contributed by atoms with Crippen LogP contribution < -0.4 is 9.47 Å². The van der Waals surface area contributed by atoms with Crippen molar-refractivity contribution in [2.75, 3.05) is 0 Å². The van der Waals surface area contributed by atoms with Crippen LogP contribution in [0.1, 0.15) is 155 Å². The van der Waals surface area contributed by atoms with Crippen molar-refractivity contribution >= 4 is 24.1 Å². The van der Waals surface area contributed by atoms with E-state index >= 15 is 0 Å². The van der Waals surface area contributed by atoms with Gasteiger partial charge < -0.3 is 29.2 Å². The molecule has 2 N–H and O–H groups in total. The Labute approximate surface area is 364 Å². The molecule has 0 amide bonds. The lowest BCUT2D eigenvalue weighted by molar-refractivity contribution is -0.156. The first-order chi connectivity index (χ1) is 28.0. The van der Waals surface area contributed by atoms with E-state index in [1.807, 2.05) is 114 Å². The summed E-state index contributed by atoms with van der Waals surface area (Å²) in [5.41, 5.74) is 5.28. The van der Waals surface area contributed by atoms with Crippen molar-refractivity contribution in [1.29, 1.82) is 0 Å². The number of esters is 2. The van der Waals surface area contributed by atoms with E-state index in [1.165, 1.54) is 12.2 Å². The molecule has 0 aromatic heterocycles. The Bertz CT molecular complexity index is 2070. The topological polar surface area (TPSA) is 112 Å². The van der Waals surface area contributed by atoms with Gasteiger partial charge in [-0.25, -0.2) is 9.59 Å². The molecule has 0 spiro atoms. The van der Waals surface area contributed by atoms with Crippen molar-refractivity contribution in [3.05, 3.63) is 129 Å². The number of phenols is 2. The molecule has 8 heteroatoms. The number of benzene rings is 4. The number of aromatic hydroxyl groups is 2. The van der Waals surface area contributed by atoms with Crippen LogP contribution >= 0.6 is 0 Å². The molecule has 0 aliphatic carbocycles. The number of rotatable bonds is 12. The minimum absolute atomic E-state index is 0.237. The van der Waals surface area contributed by atoms with Gasteiger partial charge in [0.15, 0.2) is 0 Å². The minimum Gasteiger partial charge on any atom is -0.507 e. The summed E-state index contributed by atoms with van der Waals surface area (Å²) >= 11 is 0. The Kier molecular flexibility index (Phi) is 14.4. The highest BCUT2D eigenvalue weighted by molar-refractivity contribution is 5.88. The molecule has 4 rings (SSSR count). The SMILES string of the molecule is CC(OC(=O)/C=C/c1ccc(C(C)(C)C)c(O)c1C(C)(C)C)Oc1ccc(C(C)(C)c2ccc(OC(C)OC(=O)/C=C/c3ccc(C(C)(C)C)c(O)c3C(C)(C)C)cc2)cc1. The largest absolute Gasteiger partial charge is 0.507 e. The Morgan fingerprint density at radius 2 is 0.787 bits per heavy atom. The highest BCUT2D eigenvalue weighted by Crippen LogP contribution is 2.43. The van der Waals surface area contributed by atoms with Crippen LogP contribution in [-0.4, -0.2) is 34.7 Å². The molecule has 0 heterocycles. The fraction of sp³-hybridized carbons (Fsp3) is 0.434. The zero-order valence-electron chi connectivity index (χ0n) is 39.2. The molecule has 4 aromatic rings. The molecule has 4 aromatic carbocycles. The molecular formula is C53H68O8. The molecule has 328 valence electrons. The summed E-state index contributed by atoms with van der Waals surface area (Å²) in [5.74, 6) is 0.477. The number of carbonyl (C=O) groups is 2. The zero-order valence-corrected chi connectivity index (χ0v) is 39.2. The van der Waals surface area contributed by atoms with E-state index in [0.29, 0.717) is 11.5 Å². The molecule has 0 saturated heterocycles. The van der Waals surface area contributed by atoms with Crippen molar-refractivity contribution in [2.24, 2.45) is 0 Å². The second-order valence-corrected chi connectivity index (χ2v) is 20.4. The summed E-state index contributed by atoms with van der Waals surface area (Å²) in [6.07, 6.45) is 4.38. The first-order valence-corrected chi connectivity index (χ1v) is 21.1. The molecule has 0 aliphatic rings. The van der Waals surface area contributed by atoms with Crippen LogP contribution in [0.15, 0.2) is 84.9 Å². The molecule has 61 heavy (non-hydrogen) atoms. The summed E-state index contributed by atoms with van der Waals surface area (Å²) in [6, 6.07) is 23.0. The third-order valence-corrected chi connectivity index (χ3v) is 10.7. The van der Waals surface area contributed by atoms with Gasteiger partial charge in [-0.05, 0) is 91.5 Å². The van der Waals surface area contributed by atoms with Crippen molar-refractivity contribution in [1.82, 2.24) is 0 Å². The summed E-state index contributed by atoms with van der Waals surface area (Å²) in [4.78, 5) is 25.6. The first kappa shape index (κ1) is 48.2. The van der Waals surface area contributed by atoms with Gasteiger partial charge >= 0.3 is 11.9 Å². The highest BCUT2D eigenvalue weighted by atomic mass is 16.7. The molecule has 2 unspecified atom stereocenters. The van der Waals surface area contributed by atoms with E-state index in [1.54, 1.807) is 26.0 Å². The van der Waals surface area contributed by atoms with Gasteiger partial charge in [0, 0.05) is 42.5 Å². The van der Waals surface area contributed by atoms with E-state index in [4.69, 9.17) is 18.9 Å². The molecule has 0 radical (unpaired) electrons. The van der Waals surface area contributed by atoms with Crippen LogP contribution in [-0.2, 0) is 46.1 Å². The predicted octanol–water partition coefficient (Wildman–Crippen LogP) is 12.6. The average molecular weight is 833 g/mol. The quantitative estimate of drug-likeness (QED) is 0.0825. The molecule has 0 saturated carbocycles. The van der Waals surface area contributed by atoms with Crippen molar-refractivity contribution in [3.8, 4) is 23.0 Å². The van der Waals surface area contributed by atoms with Crippen molar-refractivity contribution in [2.45, 2.75) is 150 Å². The van der Waals surface area contributed by atoms with Gasteiger partial charge in [0.25, 0.3) is 0 Å². The third-order valence-electron chi connectivity index (χ3n) is 10.7. The maximum atomic E-state index is 12.8. The summed E-state index contributed by atoms with van der Waals surface area (Å²) in [7, 11) is 0. The van der Waals surface area contributed by atoms with Crippen molar-refractivity contribution < 1.29 is 38.7 Å². The summed E-state index contributed by atoms with van der Waals surface area (Å²) in [6.45, 7) is 32.1. The molecule has 2 atom stereocenters. The van der Waals surface area contributed by atoms with Gasteiger partial charge in [0.2, 0.25) is 12.6 Å². The standard InChI is InChI=1S/C53H68O8/c1-33(60-43(54)31-19-35-17-29-41(49(3,4)5)47(56)45(35)51(9,10)11)58-39-25-21-37(22-26-39)53(15,16)38-23-27-40(28-24-38)59-34(2)61-44(55)32-20-36-18-30-42(50(6,7)8)48(57)46(36)52(12,13)14/h17-34,56-57H,1-16H3/b31-19+,32-20+. The number of hydrogen-bond donors (Lipinski definition) is 2. The van der Waals surface area contributed by atoms with Gasteiger partial charge in [-0.2, -0.15) is 0 Å². The lowest BCUT2D eigenvalue weighted by Crippen LogP contribution is -2.21. The molecule has 0 fully saturated rings. The fourth-order valence-corrected chi connectivity index (χ4v) is 7.50. The first-order valence-electron chi connectivity index (χ1n) is 21.1. The average Bonchev–Trinajstić information content (AvgIpc) is 3.11. The molecule has 0 bridgehead atoms. The Balaban J connectivity index is 1.34. The number of hydrogen-bond acceptors (Lipinski definition) is 8. The van der Waals surface area contributed by atoms with E-state index in [-0.39, 0.29) is 38.6 Å². The number of carbonyl (C=O) groups excluding carboxylic acids is 2. The number of phenolic OH excluding ortho intramolecular Hbond substituents is 2. The third kappa shape index (κ3) is 12.3. The Morgan fingerprint density at radius 1 is 0.475 bits per heavy atom. The van der Waals surface area contributed by atoms with Crippen LogP contribution in [0.3, 0.4) is 0 Å². The lowest BCUT2D eigenvalue weighted by atomic mass is 9.77. The van der Waals surface area contributed by atoms with Crippen LogP contribution in [0, 0.1) is 0 Å². The zero-order chi connectivity index (χ0) is 45.9. The van der Waals surface area contributed by atoms with E-state index in [0.717, 1.165) is 44.5 Å². The highest BCUT2D eigenvalue weighted by Gasteiger charge is 2.29.